The minimum Gasteiger partial charge on any atom is -0.491 e. The first kappa shape index (κ1) is 20.7. The Kier molecular flexibility index (Phi) is 7.64. The molecule has 8 heteroatoms. The van der Waals surface area contributed by atoms with E-state index in [2.05, 4.69) is 15.8 Å². The Morgan fingerprint density at radius 2 is 1.78 bits per heavy atom. The summed E-state index contributed by atoms with van der Waals surface area (Å²) < 4.78 is 5.34. The number of nitrogens with one attached hydrogen (secondary N) is 2. The van der Waals surface area contributed by atoms with Crippen LogP contribution in [-0.4, -0.2) is 24.6 Å². The van der Waals surface area contributed by atoms with Crippen molar-refractivity contribution in [2.45, 2.75) is 19.9 Å². The highest BCUT2D eigenvalue weighted by Crippen LogP contribution is 2.33. The monoisotopic (exact) mass is 407 g/mol. The van der Waals surface area contributed by atoms with Crippen molar-refractivity contribution in [2.24, 2.45) is 5.10 Å². The molecule has 0 radical (unpaired) electrons. The quantitative estimate of drug-likeness (QED) is 0.434. The average Bonchev–Trinajstić information content (AvgIpc) is 2.65. The summed E-state index contributed by atoms with van der Waals surface area (Å²) in [5.74, 6) is -1.28. The van der Waals surface area contributed by atoms with Crippen LogP contribution in [0.25, 0.3) is 0 Å². The molecule has 27 heavy (non-hydrogen) atoms. The van der Waals surface area contributed by atoms with Gasteiger partial charge in [-0.2, -0.15) is 5.10 Å². The molecule has 2 aromatic rings. The van der Waals surface area contributed by atoms with E-state index in [0.717, 1.165) is 5.56 Å². The molecule has 0 heterocycles. The molecule has 0 aliphatic rings. The van der Waals surface area contributed by atoms with Crippen molar-refractivity contribution in [2.75, 3.05) is 6.61 Å². The zero-order chi connectivity index (χ0) is 19.8. The first-order chi connectivity index (χ1) is 12.9. The minimum absolute atomic E-state index is 0.308. The molecule has 0 aliphatic carbocycles. The van der Waals surface area contributed by atoms with Gasteiger partial charge in [0.05, 0.1) is 28.9 Å². The van der Waals surface area contributed by atoms with E-state index in [4.69, 9.17) is 27.9 Å². The fourth-order valence-electron chi connectivity index (χ4n) is 2.24. The number of nitrogens with zero attached hydrogens (tertiary/aromatic N) is 1. The van der Waals surface area contributed by atoms with Gasteiger partial charge in [-0.3, -0.25) is 9.59 Å². The maximum atomic E-state index is 11.9. The number of amides is 2. The highest BCUT2D eigenvalue weighted by molar-refractivity contribution is 6.37. The Balaban J connectivity index is 1.93. The van der Waals surface area contributed by atoms with Crippen LogP contribution in [0, 0.1) is 0 Å². The van der Waals surface area contributed by atoms with Crippen LogP contribution in [0.3, 0.4) is 0 Å². The molecule has 0 saturated heterocycles. The predicted octanol–water partition coefficient (Wildman–Crippen LogP) is 3.72. The first-order valence-electron chi connectivity index (χ1n) is 8.23. The smallest absolute Gasteiger partial charge is 0.329 e. The van der Waals surface area contributed by atoms with Gasteiger partial charge in [-0.25, -0.2) is 5.43 Å². The third kappa shape index (κ3) is 5.98. The van der Waals surface area contributed by atoms with Gasteiger partial charge in [-0.1, -0.05) is 53.5 Å². The number of hydrazone groups is 1. The van der Waals surface area contributed by atoms with Gasteiger partial charge in [0.15, 0.2) is 5.75 Å². The highest BCUT2D eigenvalue weighted by atomic mass is 35.5. The van der Waals surface area contributed by atoms with Gasteiger partial charge in [0.1, 0.15) is 0 Å². The first-order valence-corrected chi connectivity index (χ1v) is 8.98. The van der Waals surface area contributed by atoms with Crippen LogP contribution in [0.5, 0.6) is 5.75 Å². The van der Waals surface area contributed by atoms with Crippen LogP contribution in [0.2, 0.25) is 10.0 Å². The van der Waals surface area contributed by atoms with Crippen molar-refractivity contribution >= 4 is 41.2 Å². The fraction of sp³-hybridized carbons (Fsp3) is 0.211. The predicted molar refractivity (Wildman–Crippen MR) is 106 cm³/mol. The van der Waals surface area contributed by atoms with E-state index in [1.807, 2.05) is 37.3 Å². The lowest BCUT2D eigenvalue weighted by Crippen LogP contribution is -2.39. The number of hydrogen-bond acceptors (Lipinski definition) is 4. The van der Waals surface area contributed by atoms with Crippen molar-refractivity contribution < 1.29 is 14.3 Å². The lowest BCUT2D eigenvalue weighted by molar-refractivity contribution is -0.139. The maximum absolute atomic E-state index is 11.9. The van der Waals surface area contributed by atoms with Gasteiger partial charge in [-0.05, 0) is 37.1 Å². The number of ether oxygens (including phenoxy) is 1. The van der Waals surface area contributed by atoms with Gasteiger partial charge >= 0.3 is 11.8 Å². The number of hydrogen-bond donors (Lipinski definition) is 2. The van der Waals surface area contributed by atoms with Crippen LogP contribution in [-0.2, 0) is 9.59 Å². The summed E-state index contributed by atoms with van der Waals surface area (Å²) in [6.07, 6.45) is 1.33. The second kappa shape index (κ2) is 9.94. The SMILES string of the molecule is CCOc1c(Cl)cc(/C=N\NC(=O)C(=O)N[C@@H](C)c2ccccc2)cc1Cl. The highest BCUT2D eigenvalue weighted by Gasteiger charge is 2.16. The summed E-state index contributed by atoms with van der Waals surface area (Å²) in [4.78, 5) is 23.8. The molecule has 0 saturated carbocycles. The van der Waals surface area contributed by atoms with Crippen LogP contribution < -0.4 is 15.5 Å². The summed E-state index contributed by atoms with van der Waals surface area (Å²) >= 11 is 12.2. The Hall–Kier alpha value is -2.57. The molecular weight excluding hydrogens is 389 g/mol. The van der Waals surface area contributed by atoms with Gasteiger partial charge < -0.3 is 10.1 Å². The molecule has 0 aliphatic heterocycles. The van der Waals surface area contributed by atoms with Crippen LogP contribution >= 0.6 is 23.2 Å². The Labute approximate surface area is 167 Å². The number of carbonyl (C=O) groups is 2. The zero-order valence-electron chi connectivity index (χ0n) is 14.8. The second-order valence-corrected chi connectivity index (χ2v) is 6.37. The zero-order valence-corrected chi connectivity index (χ0v) is 16.3. The molecule has 0 unspecified atom stereocenters. The van der Waals surface area contributed by atoms with Crippen molar-refractivity contribution in [1.29, 1.82) is 0 Å². The molecule has 0 aromatic heterocycles. The van der Waals surface area contributed by atoms with E-state index in [-0.39, 0.29) is 6.04 Å². The summed E-state index contributed by atoms with van der Waals surface area (Å²) in [7, 11) is 0. The Morgan fingerprint density at radius 1 is 1.15 bits per heavy atom. The lowest BCUT2D eigenvalue weighted by Gasteiger charge is -2.13. The molecule has 2 aromatic carbocycles. The summed E-state index contributed by atoms with van der Waals surface area (Å²) in [5.41, 5.74) is 3.61. The number of benzene rings is 2. The standard InChI is InChI=1S/C19H19Cl2N3O3/c1-3-27-17-15(20)9-13(10-16(17)21)11-22-24-19(26)18(25)23-12(2)14-7-5-4-6-8-14/h4-12H,3H2,1-2H3,(H,23,25)(H,24,26)/b22-11-/t12-/m0/s1. The van der Waals surface area contributed by atoms with E-state index in [1.165, 1.54) is 6.21 Å². The summed E-state index contributed by atoms with van der Waals surface area (Å²) in [6, 6.07) is 12.2. The van der Waals surface area contributed by atoms with Crippen LogP contribution in [0.1, 0.15) is 31.0 Å². The molecule has 0 fully saturated rings. The molecule has 142 valence electrons. The third-order valence-electron chi connectivity index (χ3n) is 3.54. The molecule has 0 spiro atoms. The van der Waals surface area contributed by atoms with E-state index in [9.17, 15) is 9.59 Å². The van der Waals surface area contributed by atoms with Gasteiger partial charge in [0.2, 0.25) is 0 Å². The molecule has 2 rings (SSSR count). The molecule has 0 bridgehead atoms. The normalized spacial score (nSPS) is 11.9. The van der Waals surface area contributed by atoms with E-state index < -0.39 is 11.8 Å². The van der Waals surface area contributed by atoms with Crippen LogP contribution in [0.15, 0.2) is 47.6 Å². The summed E-state index contributed by atoms with van der Waals surface area (Å²) in [5, 5.41) is 7.01. The third-order valence-corrected chi connectivity index (χ3v) is 4.10. The molecular formula is C19H19Cl2N3O3. The number of rotatable bonds is 6. The molecule has 2 amide bonds. The van der Waals surface area contributed by atoms with Gasteiger partial charge in [0, 0.05) is 0 Å². The average molecular weight is 408 g/mol. The Bertz CT molecular complexity index is 818. The van der Waals surface area contributed by atoms with Crippen molar-refractivity contribution in [3.63, 3.8) is 0 Å². The Morgan fingerprint density at radius 3 is 2.37 bits per heavy atom. The topological polar surface area (TPSA) is 79.8 Å². The number of carbonyl (C=O) groups excluding carboxylic acids is 2. The lowest BCUT2D eigenvalue weighted by atomic mass is 10.1. The largest absolute Gasteiger partial charge is 0.491 e. The van der Waals surface area contributed by atoms with Gasteiger partial charge in [0.25, 0.3) is 0 Å². The van der Waals surface area contributed by atoms with E-state index >= 15 is 0 Å². The maximum Gasteiger partial charge on any atom is 0.329 e. The molecule has 1 atom stereocenters. The van der Waals surface area contributed by atoms with E-state index in [0.29, 0.717) is 28.0 Å². The molecule has 2 N–H and O–H groups in total. The second-order valence-electron chi connectivity index (χ2n) is 5.55. The fourth-order valence-corrected chi connectivity index (χ4v) is 2.85. The summed E-state index contributed by atoms with van der Waals surface area (Å²) in [6.45, 7) is 4.04. The van der Waals surface area contributed by atoms with Gasteiger partial charge in [-0.15, -0.1) is 0 Å². The van der Waals surface area contributed by atoms with Crippen molar-refractivity contribution in [3.05, 3.63) is 63.6 Å². The van der Waals surface area contributed by atoms with Crippen molar-refractivity contribution in [3.8, 4) is 5.75 Å². The van der Waals surface area contributed by atoms with Crippen LogP contribution in [0.4, 0.5) is 0 Å². The van der Waals surface area contributed by atoms with Crippen molar-refractivity contribution in [1.82, 2.24) is 10.7 Å². The number of halogens is 2. The van der Waals surface area contributed by atoms with E-state index in [1.54, 1.807) is 19.1 Å². The molecule has 6 nitrogen and oxygen atoms in total. The minimum atomic E-state index is -0.878.